The van der Waals surface area contributed by atoms with Gasteiger partial charge in [-0.3, -0.25) is 23.5 Å². The van der Waals surface area contributed by atoms with Crippen LogP contribution in [0.5, 0.6) is 5.75 Å². The summed E-state index contributed by atoms with van der Waals surface area (Å²) in [6, 6.07) is 10.3. The van der Waals surface area contributed by atoms with E-state index in [0.717, 1.165) is 9.13 Å². The van der Waals surface area contributed by atoms with Gasteiger partial charge in [0.2, 0.25) is 5.91 Å². The maximum absolute atomic E-state index is 13.6. The van der Waals surface area contributed by atoms with Gasteiger partial charge in [0.25, 0.3) is 0 Å². The second-order valence-corrected chi connectivity index (χ2v) is 6.16. The lowest BCUT2D eigenvalue weighted by atomic mass is 10.3. The number of nitrogens with zero attached hydrogens (tertiary/aromatic N) is 2. The van der Waals surface area contributed by atoms with E-state index < -0.39 is 29.4 Å². The van der Waals surface area contributed by atoms with Crippen molar-refractivity contribution in [2.45, 2.75) is 6.54 Å². The SMILES string of the molecule is COc1ccc(-n2ccn(CC(=O)Nc3ccccc3F)c(=O)c2=O)cc1Cl. The number of hydrogen-bond donors (Lipinski definition) is 1. The number of halogens is 2. The first-order valence-electron chi connectivity index (χ1n) is 8.11. The Morgan fingerprint density at radius 2 is 1.89 bits per heavy atom. The van der Waals surface area contributed by atoms with Crippen molar-refractivity contribution in [3.05, 3.63) is 86.4 Å². The fourth-order valence-electron chi connectivity index (χ4n) is 2.55. The third-order valence-electron chi connectivity index (χ3n) is 3.93. The quantitative estimate of drug-likeness (QED) is 0.663. The van der Waals surface area contributed by atoms with Crippen LogP contribution in [0, 0.1) is 5.82 Å². The van der Waals surface area contributed by atoms with Crippen molar-refractivity contribution in [1.82, 2.24) is 9.13 Å². The van der Waals surface area contributed by atoms with Crippen LogP contribution in [0.1, 0.15) is 0 Å². The van der Waals surface area contributed by atoms with Gasteiger partial charge >= 0.3 is 11.1 Å². The highest BCUT2D eigenvalue weighted by Gasteiger charge is 2.12. The number of methoxy groups -OCH3 is 1. The average Bonchev–Trinajstić information content (AvgIpc) is 2.67. The molecule has 144 valence electrons. The van der Waals surface area contributed by atoms with Gasteiger partial charge in [0.1, 0.15) is 18.1 Å². The van der Waals surface area contributed by atoms with Crippen LogP contribution in [0.2, 0.25) is 5.02 Å². The summed E-state index contributed by atoms with van der Waals surface area (Å²) in [4.78, 5) is 36.8. The van der Waals surface area contributed by atoms with Crippen LogP contribution in [0.25, 0.3) is 5.69 Å². The zero-order chi connectivity index (χ0) is 20.3. The Hall–Kier alpha value is -3.39. The molecule has 0 bridgehead atoms. The van der Waals surface area contributed by atoms with Gasteiger partial charge in [-0.2, -0.15) is 0 Å². The van der Waals surface area contributed by atoms with Crippen LogP contribution in [0.3, 0.4) is 0 Å². The van der Waals surface area contributed by atoms with Crippen molar-refractivity contribution in [3.63, 3.8) is 0 Å². The number of nitrogens with one attached hydrogen (secondary N) is 1. The molecule has 2 aromatic carbocycles. The maximum atomic E-state index is 13.6. The van der Waals surface area contributed by atoms with Crippen LogP contribution in [0.4, 0.5) is 10.1 Å². The fraction of sp³-hybridized carbons (Fsp3) is 0.105. The van der Waals surface area contributed by atoms with Gasteiger partial charge in [-0.05, 0) is 30.3 Å². The maximum Gasteiger partial charge on any atom is 0.320 e. The average molecular weight is 404 g/mol. The van der Waals surface area contributed by atoms with Crippen LogP contribution < -0.4 is 21.2 Å². The number of carbonyl (C=O) groups excluding carboxylic acids is 1. The van der Waals surface area contributed by atoms with E-state index in [4.69, 9.17) is 16.3 Å². The second-order valence-electron chi connectivity index (χ2n) is 5.75. The molecule has 0 aliphatic carbocycles. The van der Waals surface area contributed by atoms with Crippen molar-refractivity contribution in [2.75, 3.05) is 12.4 Å². The molecule has 1 N–H and O–H groups in total. The molecule has 0 saturated heterocycles. The Bertz CT molecular complexity index is 1160. The molecule has 28 heavy (non-hydrogen) atoms. The van der Waals surface area contributed by atoms with Crippen molar-refractivity contribution in [2.24, 2.45) is 0 Å². The summed E-state index contributed by atoms with van der Waals surface area (Å²) in [5, 5.41) is 2.64. The highest BCUT2D eigenvalue weighted by atomic mass is 35.5. The standard InChI is InChI=1S/C19H15ClFN3O4/c1-28-16-7-6-12(10-13(16)20)24-9-8-23(18(26)19(24)27)11-17(25)22-15-5-3-2-4-14(15)21/h2-10H,11H2,1H3,(H,22,25). The molecule has 0 aliphatic rings. The summed E-state index contributed by atoms with van der Waals surface area (Å²) in [6.45, 7) is -0.438. The van der Waals surface area contributed by atoms with Crippen molar-refractivity contribution < 1.29 is 13.9 Å². The molecule has 0 atom stereocenters. The van der Waals surface area contributed by atoms with Crippen LogP contribution in [-0.4, -0.2) is 22.2 Å². The van der Waals surface area contributed by atoms with Crippen molar-refractivity contribution >= 4 is 23.2 Å². The van der Waals surface area contributed by atoms with Crippen molar-refractivity contribution in [3.8, 4) is 11.4 Å². The Kier molecular flexibility index (Phi) is 5.60. The van der Waals surface area contributed by atoms with E-state index in [-0.39, 0.29) is 10.7 Å². The van der Waals surface area contributed by atoms with E-state index >= 15 is 0 Å². The number of ether oxygens (including phenoxy) is 1. The minimum Gasteiger partial charge on any atom is -0.495 e. The molecule has 1 aromatic heterocycles. The summed E-state index contributed by atoms with van der Waals surface area (Å²) >= 11 is 6.05. The molecule has 0 unspecified atom stereocenters. The Morgan fingerprint density at radius 1 is 1.14 bits per heavy atom. The van der Waals surface area contributed by atoms with Crippen LogP contribution >= 0.6 is 11.6 Å². The zero-order valence-electron chi connectivity index (χ0n) is 14.7. The first-order chi connectivity index (χ1) is 13.4. The van der Waals surface area contributed by atoms with Gasteiger partial charge in [-0.15, -0.1) is 0 Å². The van der Waals surface area contributed by atoms with Gasteiger partial charge in [0.05, 0.1) is 23.5 Å². The highest BCUT2D eigenvalue weighted by molar-refractivity contribution is 6.32. The topological polar surface area (TPSA) is 82.3 Å². The van der Waals surface area contributed by atoms with Gasteiger partial charge in [-0.25, -0.2) is 4.39 Å². The van der Waals surface area contributed by atoms with E-state index in [0.29, 0.717) is 11.4 Å². The molecular formula is C19H15ClFN3O4. The van der Waals surface area contributed by atoms with Gasteiger partial charge in [0, 0.05) is 12.4 Å². The molecular weight excluding hydrogens is 389 g/mol. The van der Waals surface area contributed by atoms with E-state index in [1.807, 2.05) is 0 Å². The number of amides is 1. The molecule has 9 heteroatoms. The number of hydrogen-bond acceptors (Lipinski definition) is 4. The largest absolute Gasteiger partial charge is 0.495 e. The molecule has 3 rings (SSSR count). The predicted octanol–water partition coefficient (Wildman–Crippen LogP) is 2.44. The van der Waals surface area contributed by atoms with Gasteiger partial charge < -0.3 is 10.1 Å². The minimum absolute atomic E-state index is 0.0123. The van der Waals surface area contributed by atoms with Crippen LogP contribution in [-0.2, 0) is 11.3 Å². The number of anilines is 1. The molecule has 0 saturated carbocycles. The first kappa shape index (κ1) is 19.4. The normalized spacial score (nSPS) is 10.5. The lowest BCUT2D eigenvalue weighted by molar-refractivity contribution is -0.116. The third kappa shape index (κ3) is 3.96. The molecule has 0 aliphatic heterocycles. The third-order valence-corrected chi connectivity index (χ3v) is 4.23. The summed E-state index contributed by atoms with van der Waals surface area (Å²) in [5.74, 6) is -0.816. The van der Waals surface area contributed by atoms with Crippen LogP contribution in [0.15, 0.2) is 64.4 Å². The minimum atomic E-state index is -0.905. The molecule has 0 spiro atoms. The summed E-state index contributed by atoms with van der Waals surface area (Å²) < 4.78 is 20.7. The molecule has 1 heterocycles. The summed E-state index contributed by atoms with van der Waals surface area (Å²) in [5.41, 5.74) is -1.40. The second kappa shape index (κ2) is 8.10. The first-order valence-corrected chi connectivity index (χ1v) is 8.49. The van der Waals surface area contributed by atoms with Gasteiger partial charge in [0.15, 0.2) is 0 Å². The molecule has 1 amide bonds. The van der Waals surface area contributed by atoms with E-state index in [2.05, 4.69) is 5.32 Å². The Morgan fingerprint density at radius 3 is 2.57 bits per heavy atom. The summed E-state index contributed by atoms with van der Waals surface area (Å²) in [7, 11) is 1.46. The van der Waals surface area contributed by atoms with E-state index in [1.165, 1.54) is 43.8 Å². The highest BCUT2D eigenvalue weighted by Crippen LogP contribution is 2.25. The lowest BCUT2D eigenvalue weighted by Gasteiger charge is -2.11. The smallest absolute Gasteiger partial charge is 0.320 e. The predicted molar refractivity (Wildman–Crippen MR) is 103 cm³/mol. The molecule has 0 radical (unpaired) electrons. The van der Waals surface area contributed by atoms with E-state index in [1.54, 1.807) is 18.2 Å². The van der Waals surface area contributed by atoms with E-state index in [9.17, 15) is 18.8 Å². The number of rotatable bonds is 5. The molecule has 0 fully saturated rings. The number of aromatic nitrogens is 2. The Balaban J connectivity index is 1.85. The Labute approximate surface area is 163 Å². The monoisotopic (exact) mass is 403 g/mol. The zero-order valence-corrected chi connectivity index (χ0v) is 15.4. The summed E-state index contributed by atoms with van der Waals surface area (Å²) in [6.07, 6.45) is 2.64. The number of benzene rings is 2. The number of para-hydroxylation sites is 1. The lowest BCUT2D eigenvalue weighted by Crippen LogP contribution is -2.41. The van der Waals surface area contributed by atoms with Gasteiger partial charge in [-0.1, -0.05) is 23.7 Å². The molecule has 7 nitrogen and oxygen atoms in total. The number of carbonyl (C=O) groups is 1. The fourth-order valence-corrected chi connectivity index (χ4v) is 2.80. The molecule has 3 aromatic rings. The van der Waals surface area contributed by atoms with Crippen molar-refractivity contribution in [1.29, 1.82) is 0 Å².